The van der Waals surface area contributed by atoms with Gasteiger partial charge in [-0.1, -0.05) is 49.4 Å². The Bertz CT molecular complexity index is 821. The molecule has 0 aliphatic rings. The van der Waals surface area contributed by atoms with Crippen molar-refractivity contribution >= 4 is 11.8 Å². The lowest BCUT2D eigenvalue weighted by Crippen LogP contribution is -2.43. The van der Waals surface area contributed by atoms with Gasteiger partial charge in [0, 0.05) is 26.1 Å². The lowest BCUT2D eigenvalue weighted by Gasteiger charge is -2.31. The summed E-state index contributed by atoms with van der Waals surface area (Å²) in [7, 11) is 1.62. The van der Waals surface area contributed by atoms with Crippen molar-refractivity contribution in [3.8, 4) is 5.75 Å². The summed E-state index contributed by atoms with van der Waals surface area (Å²) in [5.74, 6) is 0.523. The fourth-order valence-corrected chi connectivity index (χ4v) is 3.42. The number of carbonyl (C=O) groups excluding carboxylic acids is 2. The van der Waals surface area contributed by atoms with Crippen LogP contribution in [0.25, 0.3) is 0 Å². The number of amides is 2. The van der Waals surface area contributed by atoms with Crippen molar-refractivity contribution in [2.75, 3.05) is 20.3 Å². The largest absolute Gasteiger partial charge is 0.497 e. The van der Waals surface area contributed by atoms with E-state index in [0.717, 1.165) is 16.9 Å². The number of benzene rings is 2. The minimum absolute atomic E-state index is 0.0459. The van der Waals surface area contributed by atoms with Crippen molar-refractivity contribution in [1.82, 2.24) is 10.2 Å². The van der Waals surface area contributed by atoms with Gasteiger partial charge in [0.25, 0.3) is 0 Å². The monoisotopic (exact) mass is 440 g/mol. The van der Waals surface area contributed by atoms with E-state index in [4.69, 9.17) is 9.47 Å². The van der Waals surface area contributed by atoms with Crippen LogP contribution in [0.3, 0.4) is 0 Å². The second-order valence-corrected chi connectivity index (χ2v) is 8.00. The van der Waals surface area contributed by atoms with Crippen LogP contribution in [0.4, 0.5) is 0 Å². The van der Waals surface area contributed by atoms with E-state index in [1.807, 2.05) is 75.4 Å². The molecule has 0 radical (unpaired) electrons. The maximum atomic E-state index is 13.3. The maximum absolute atomic E-state index is 13.3. The smallest absolute Gasteiger partial charge is 0.247 e. The number of carbonyl (C=O) groups is 2. The van der Waals surface area contributed by atoms with Gasteiger partial charge in [-0.15, -0.1) is 0 Å². The van der Waals surface area contributed by atoms with Gasteiger partial charge in [-0.2, -0.15) is 0 Å². The van der Waals surface area contributed by atoms with E-state index in [1.54, 1.807) is 12.0 Å². The zero-order valence-corrected chi connectivity index (χ0v) is 19.7. The van der Waals surface area contributed by atoms with E-state index in [2.05, 4.69) is 5.32 Å². The van der Waals surface area contributed by atoms with Crippen LogP contribution in [0.15, 0.2) is 54.6 Å². The summed E-state index contributed by atoms with van der Waals surface area (Å²) in [4.78, 5) is 28.1. The van der Waals surface area contributed by atoms with Crippen molar-refractivity contribution in [2.45, 2.75) is 58.7 Å². The van der Waals surface area contributed by atoms with Crippen LogP contribution in [0.5, 0.6) is 5.75 Å². The van der Waals surface area contributed by atoms with Crippen molar-refractivity contribution in [1.29, 1.82) is 0 Å². The van der Waals surface area contributed by atoms with Crippen molar-refractivity contribution in [2.24, 2.45) is 0 Å². The summed E-state index contributed by atoms with van der Waals surface area (Å²) in [6.07, 6.45) is 1.98. The molecule has 2 amide bonds. The summed E-state index contributed by atoms with van der Waals surface area (Å²) >= 11 is 0. The van der Waals surface area contributed by atoms with Crippen LogP contribution in [0, 0.1) is 0 Å². The van der Waals surface area contributed by atoms with Gasteiger partial charge in [0.05, 0.1) is 13.2 Å². The first-order chi connectivity index (χ1) is 15.5. The molecule has 0 spiro atoms. The molecule has 0 heterocycles. The zero-order valence-electron chi connectivity index (χ0n) is 19.7. The normalized spacial score (nSPS) is 11.8. The van der Waals surface area contributed by atoms with E-state index in [9.17, 15) is 9.59 Å². The number of nitrogens with zero attached hydrogens (tertiary/aromatic N) is 1. The van der Waals surface area contributed by atoms with Crippen LogP contribution in [0.2, 0.25) is 0 Å². The van der Waals surface area contributed by atoms with Gasteiger partial charge in [0.1, 0.15) is 11.8 Å². The Labute approximate surface area is 191 Å². The van der Waals surface area contributed by atoms with Crippen LogP contribution in [0.1, 0.15) is 57.2 Å². The average molecular weight is 441 g/mol. The van der Waals surface area contributed by atoms with Gasteiger partial charge in [-0.25, -0.2) is 0 Å². The highest BCUT2D eigenvalue weighted by molar-refractivity contribution is 5.88. The molecule has 6 heteroatoms. The van der Waals surface area contributed by atoms with Crippen molar-refractivity contribution < 1.29 is 19.1 Å². The first-order valence-electron chi connectivity index (χ1n) is 11.3. The first kappa shape index (κ1) is 25.4. The summed E-state index contributed by atoms with van der Waals surface area (Å²) < 4.78 is 10.8. The second-order valence-electron chi connectivity index (χ2n) is 8.00. The molecule has 0 saturated heterocycles. The third-order valence-electron chi connectivity index (χ3n) is 5.04. The van der Waals surface area contributed by atoms with Crippen LogP contribution in [-0.4, -0.2) is 43.1 Å². The maximum Gasteiger partial charge on any atom is 0.247 e. The molecular weight excluding hydrogens is 404 g/mol. The Hall–Kier alpha value is -2.86. The molecular formula is C26H36N2O4. The van der Waals surface area contributed by atoms with Gasteiger partial charge in [0.2, 0.25) is 11.8 Å². The third kappa shape index (κ3) is 8.00. The molecule has 0 fully saturated rings. The summed E-state index contributed by atoms with van der Waals surface area (Å²) in [5, 5.41) is 3.00. The van der Waals surface area contributed by atoms with Crippen molar-refractivity contribution in [3.05, 3.63) is 65.7 Å². The molecule has 0 aliphatic heterocycles. The molecule has 6 nitrogen and oxygen atoms in total. The minimum atomic E-state index is -0.705. The van der Waals surface area contributed by atoms with Crippen LogP contribution >= 0.6 is 0 Å². The van der Waals surface area contributed by atoms with Crippen LogP contribution in [-0.2, 0) is 20.9 Å². The van der Waals surface area contributed by atoms with Crippen LogP contribution < -0.4 is 10.1 Å². The Kier molecular flexibility index (Phi) is 10.7. The van der Waals surface area contributed by atoms with Crippen molar-refractivity contribution in [3.63, 3.8) is 0 Å². The molecule has 2 aromatic carbocycles. The van der Waals surface area contributed by atoms with Gasteiger partial charge in [-0.05, 0) is 49.9 Å². The standard InChI is InChI=1S/C26H36N2O4/c1-5-10-24(29)28(19-21-13-15-23(31-4)16-14-21)25(22-11-7-6-8-12-22)26(30)27-17-9-18-32-20(2)3/h6-8,11-16,20,25H,5,9-10,17-19H2,1-4H3,(H,27,30). The number of methoxy groups -OCH3 is 1. The van der Waals surface area contributed by atoms with E-state index in [1.165, 1.54) is 0 Å². The summed E-state index contributed by atoms with van der Waals surface area (Å²) in [6, 6.07) is 16.4. The SMILES string of the molecule is CCCC(=O)N(Cc1ccc(OC)cc1)C(C(=O)NCCCOC(C)C)c1ccccc1. The quantitative estimate of drug-likeness (QED) is 0.466. The molecule has 2 rings (SSSR count). The number of nitrogens with one attached hydrogen (secondary N) is 1. The molecule has 0 aliphatic carbocycles. The number of hydrogen-bond donors (Lipinski definition) is 1. The zero-order chi connectivity index (χ0) is 23.3. The van der Waals surface area contributed by atoms with E-state index in [0.29, 0.717) is 39.0 Å². The Morgan fingerprint density at radius 3 is 2.31 bits per heavy atom. The topological polar surface area (TPSA) is 67.9 Å². The molecule has 0 aromatic heterocycles. The van der Waals surface area contributed by atoms with E-state index >= 15 is 0 Å². The number of hydrogen-bond acceptors (Lipinski definition) is 4. The minimum Gasteiger partial charge on any atom is -0.497 e. The predicted octanol–water partition coefficient (Wildman–Crippen LogP) is 4.50. The first-order valence-corrected chi connectivity index (χ1v) is 11.3. The molecule has 0 bridgehead atoms. The average Bonchev–Trinajstić information content (AvgIpc) is 2.79. The highest BCUT2D eigenvalue weighted by Gasteiger charge is 2.30. The molecule has 0 saturated carbocycles. The highest BCUT2D eigenvalue weighted by atomic mass is 16.5. The van der Waals surface area contributed by atoms with Gasteiger partial charge in [-0.3, -0.25) is 9.59 Å². The highest BCUT2D eigenvalue weighted by Crippen LogP contribution is 2.25. The molecule has 2 aromatic rings. The molecule has 1 atom stereocenters. The number of rotatable bonds is 13. The summed E-state index contributed by atoms with van der Waals surface area (Å²) in [6.45, 7) is 7.36. The Morgan fingerprint density at radius 1 is 1.03 bits per heavy atom. The molecule has 1 N–H and O–H groups in total. The van der Waals surface area contributed by atoms with Gasteiger partial charge in [0.15, 0.2) is 0 Å². The lowest BCUT2D eigenvalue weighted by atomic mass is 10.0. The summed E-state index contributed by atoms with van der Waals surface area (Å²) in [5.41, 5.74) is 1.73. The fraction of sp³-hybridized carbons (Fsp3) is 0.462. The lowest BCUT2D eigenvalue weighted by molar-refractivity contribution is -0.141. The van der Waals surface area contributed by atoms with Gasteiger partial charge < -0.3 is 19.7 Å². The predicted molar refractivity (Wildman–Crippen MR) is 126 cm³/mol. The second kappa shape index (κ2) is 13.5. The number of ether oxygens (including phenoxy) is 2. The molecule has 1 unspecified atom stereocenters. The molecule has 32 heavy (non-hydrogen) atoms. The van der Waals surface area contributed by atoms with E-state index < -0.39 is 6.04 Å². The third-order valence-corrected chi connectivity index (χ3v) is 5.04. The van der Waals surface area contributed by atoms with E-state index in [-0.39, 0.29) is 17.9 Å². The molecule has 174 valence electrons. The Balaban J connectivity index is 2.25. The van der Waals surface area contributed by atoms with Gasteiger partial charge >= 0.3 is 0 Å². The Morgan fingerprint density at radius 2 is 1.72 bits per heavy atom. The fourth-order valence-electron chi connectivity index (χ4n) is 3.42.